The number of amides is 2. The highest BCUT2D eigenvalue weighted by molar-refractivity contribution is 6.30. The normalized spacial score (nSPS) is 18.0. The first kappa shape index (κ1) is 20.5. The van der Waals surface area contributed by atoms with E-state index in [0.717, 1.165) is 24.0 Å². The highest BCUT2D eigenvalue weighted by Gasteiger charge is 2.34. The number of nitrogens with zero attached hydrogens (tertiary/aromatic N) is 1. The third-order valence-corrected chi connectivity index (χ3v) is 6.25. The number of halogens is 2. The molecule has 0 bridgehead atoms. The minimum Gasteiger partial charge on any atom is -0.362 e. The summed E-state index contributed by atoms with van der Waals surface area (Å²) in [6, 6.07) is 15.8. The standard InChI is InChI=1S/C23H26Cl2N2O2/c24-18-10-6-16(7-11-18)22(17-8-12-19(25)13-9-17)29-21-14-27(15-21)23(28)26-20-4-2-1-3-5-20/h6-13,20-22H,1-5,14-15H2,(H,26,28). The van der Waals surface area contributed by atoms with Crippen molar-refractivity contribution in [2.45, 2.75) is 50.4 Å². The van der Waals surface area contributed by atoms with E-state index in [1.54, 1.807) is 0 Å². The van der Waals surface area contributed by atoms with Gasteiger partial charge in [-0.2, -0.15) is 0 Å². The van der Waals surface area contributed by atoms with Gasteiger partial charge >= 0.3 is 6.03 Å². The van der Waals surface area contributed by atoms with Crippen molar-refractivity contribution < 1.29 is 9.53 Å². The number of hydrogen-bond donors (Lipinski definition) is 1. The van der Waals surface area contributed by atoms with Crippen molar-refractivity contribution in [3.63, 3.8) is 0 Å². The number of rotatable bonds is 5. The van der Waals surface area contributed by atoms with Gasteiger partial charge in [0.05, 0.1) is 19.2 Å². The average Bonchev–Trinajstić information content (AvgIpc) is 2.70. The van der Waals surface area contributed by atoms with E-state index in [1.165, 1.54) is 19.3 Å². The maximum absolute atomic E-state index is 12.5. The molecule has 29 heavy (non-hydrogen) atoms. The lowest BCUT2D eigenvalue weighted by atomic mass is 9.95. The van der Waals surface area contributed by atoms with Crippen LogP contribution in [0.3, 0.4) is 0 Å². The largest absolute Gasteiger partial charge is 0.362 e. The molecule has 1 saturated carbocycles. The SMILES string of the molecule is O=C(NC1CCCCC1)N1CC(OC(c2ccc(Cl)cc2)c2ccc(Cl)cc2)C1. The molecular weight excluding hydrogens is 407 g/mol. The molecular formula is C23H26Cl2N2O2. The lowest BCUT2D eigenvalue weighted by Crippen LogP contribution is -2.59. The Balaban J connectivity index is 1.38. The smallest absolute Gasteiger partial charge is 0.317 e. The first-order valence-corrected chi connectivity index (χ1v) is 11.1. The quantitative estimate of drug-likeness (QED) is 0.645. The zero-order chi connectivity index (χ0) is 20.2. The number of urea groups is 1. The monoisotopic (exact) mass is 432 g/mol. The Morgan fingerprint density at radius 2 is 1.41 bits per heavy atom. The highest BCUT2D eigenvalue weighted by Crippen LogP contribution is 2.31. The van der Waals surface area contributed by atoms with Gasteiger partial charge in [-0.25, -0.2) is 4.79 Å². The van der Waals surface area contributed by atoms with Crippen LogP contribution in [0.2, 0.25) is 10.0 Å². The van der Waals surface area contributed by atoms with Gasteiger partial charge in [-0.15, -0.1) is 0 Å². The Morgan fingerprint density at radius 3 is 1.93 bits per heavy atom. The number of ether oxygens (including phenoxy) is 1. The molecule has 2 fully saturated rings. The number of benzene rings is 2. The van der Waals surface area contributed by atoms with E-state index < -0.39 is 0 Å². The van der Waals surface area contributed by atoms with E-state index in [1.807, 2.05) is 53.4 Å². The summed E-state index contributed by atoms with van der Waals surface area (Å²) in [5.74, 6) is 0. The maximum Gasteiger partial charge on any atom is 0.317 e. The van der Waals surface area contributed by atoms with E-state index in [2.05, 4.69) is 5.32 Å². The van der Waals surface area contributed by atoms with Crippen LogP contribution in [0.25, 0.3) is 0 Å². The summed E-state index contributed by atoms with van der Waals surface area (Å²) in [6.07, 6.45) is 5.66. The third kappa shape index (κ3) is 5.25. The molecule has 0 atom stereocenters. The minimum absolute atomic E-state index is 0.00321. The molecule has 4 rings (SSSR count). The molecule has 4 nitrogen and oxygen atoms in total. The molecule has 1 saturated heterocycles. The summed E-state index contributed by atoms with van der Waals surface area (Å²) in [4.78, 5) is 14.3. The fourth-order valence-electron chi connectivity index (χ4n) is 4.02. The number of nitrogens with one attached hydrogen (secondary N) is 1. The lowest BCUT2D eigenvalue weighted by Gasteiger charge is -2.41. The van der Waals surface area contributed by atoms with E-state index in [-0.39, 0.29) is 18.2 Å². The molecule has 154 valence electrons. The predicted octanol–water partition coefficient (Wildman–Crippen LogP) is 5.83. The minimum atomic E-state index is -0.224. The van der Waals surface area contributed by atoms with Crippen molar-refractivity contribution in [1.29, 1.82) is 0 Å². The van der Waals surface area contributed by atoms with Crippen LogP contribution in [-0.4, -0.2) is 36.2 Å². The zero-order valence-corrected chi connectivity index (χ0v) is 17.8. The van der Waals surface area contributed by atoms with Gasteiger partial charge in [0.2, 0.25) is 0 Å². The van der Waals surface area contributed by atoms with Crippen LogP contribution >= 0.6 is 23.2 Å². The van der Waals surface area contributed by atoms with Crippen molar-refractivity contribution in [2.24, 2.45) is 0 Å². The van der Waals surface area contributed by atoms with Crippen LogP contribution in [0.5, 0.6) is 0 Å². The molecule has 0 unspecified atom stereocenters. The topological polar surface area (TPSA) is 41.6 Å². The molecule has 2 aliphatic rings. The van der Waals surface area contributed by atoms with E-state index in [4.69, 9.17) is 27.9 Å². The summed E-state index contributed by atoms with van der Waals surface area (Å²) in [6.45, 7) is 1.21. The predicted molar refractivity (Wildman–Crippen MR) is 117 cm³/mol. The van der Waals surface area contributed by atoms with E-state index in [9.17, 15) is 4.79 Å². The summed E-state index contributed by atoms with van der Waals surface area (Å²) in [5, 5.41) is 4.56. The Morgan fingerprint density at radius 1 is 0.897 bits per heavy atom. The van der Waals surface area contributed by atoms with Gasteiger partial charge in [0.1, 0.15) is 6.10 Å². The van der Waals surface area contributed by atoms with Crippen LogP contribution in [-0.2, 0) is 4.74 Å². The lowest BCUT2D eigenvalue weighted by molar-refractivity contribution is -0.0649. The van der Waals surface area contributed by atoms with Crippen molar-refractivity contribution in [3.05, 3.63) is 69.7 Å². The number of likely N-dealkylation sites (tertiary alicyclic amines) is 1. The first-order chi connectivity index (χ1) is 14.1. The van der Waals surface area contributed by atoms with Crippen molar-refractivity contribution in [2.75, 3.05) is 13.1 Å². The molecule has 2 aromatic rings. The first-order valence-electron chi connectivity index (χ1n) is 10.3. The van der Waals surface area contributed by atoms with Gasteiger partial charge in [0.15, 0.2) is 0 Å². The Hall–Kier alpha value is -1.75. The second-order valence-corrected chi connectivity index (χ2v) is 8.80. The second kappa shape index (κ2) is 9.38. The highest BCUT2D eigenvalue weighted by atomic mass is 35.5. The fourth-order valence-corrected chi connectivity index (χ4v) is 4.27. The fraction of sp³-hybridized carbons (Fsp3) is 0.435. The molecule has 6 heteroatoms. The molecule has 1 heterocycles. The van der Waals surface area contributed by atoms with Gasteiger partial charge in [0.25, 0.3) is 0 Å². The Kier molecular flexibility index (Phi) is 6.63. The molecule has 1 aliphatic heterocycles. The van der Waals surface area contributed by atoms with Crippen LogP contribution in [0, 0.1) is 0 Å². The molecule has 0 radical (unpaired) electrons. The number of carbonyl (C=O) groups is 1. The van der Waals surface area contributed by atoms with Gasteiger partial charge in [0, 0.05) is 16.1 Å². The summed E-state index contributed by atoms with van der Waals surface area (Å²) < 4.78 is 6.40. The molecule has 0 spiro atoms. The van der Waals surface area contributed by atoms with Gasteiger partial charge in [-0.3, -0.25) is 0 Å². The van der Waals surface area contributed by atoms with Crippen LogP contribution in [0.4, 0.5) is 4.79 Å². The number of carbonyl (C=O) groups excluding carboxylic acids is 1. The summed E-state index contributed by atoms with van der Waals surface area (Å²) in [5.41, 5.74) is 2.06. The van der Waals surface area contributed by atoms with Gasteiger partial charge in [-0.05, 0) is 48.2 Å². The van der Waals surface area contributed by atoms with Crippen molar-refractivity contribution in [3.8, 4) is 0 Å². The molecule has 1 N–H and O–H groups in total. The molecule has 0 aromatic heterocycles. The van der Waals surface area contributed by atoms with Crippen molar-refractivity contribution in [1.82, 2.24) is 10.2 Å². The third-order valence-electron chi connectivity index (χ3n) is 5.74. The average molecular weight is 433 g/mol. The van der Waals surface area contributed by atoms with Gasteiger partial charge in [-0.1, -0.05) is 66.7 Å². The van der Waals surface area contributed by atoms with Crippen LogP contribution in [0.15, 0.2) is 48.5 Å². The summed E-state index contributed by atoms with van der Waals surface area (Å²) in [7, 11) is 0. The molecule has 1 aliphatic carbocycles. The maximum atomic E-state index is 12.5. The van der Waals surface area contributed by atoms with Crippen LogP contribution < -0.4 is 5.32 Å². The molecule has 2 amide bonds. The van der Waals surface area contributed by atoms with Gasteiger partial charge < -0.3 is 15.0 Å². The molecule has 2 aromatic carbocycles. The van der Waals surface area contributed by atoms with Crippen molar-refractivity contribution >= 4 is 29.2 Å². The summed E-state index contributed by atoms with van der Waals surface area (Å²) >= 11 is 12.1. The Bertz CT molecular complexity index is 768. The van der Waals surface area contributed by atoms with E-state index >= 15 is 0 Å². The number of hydrogen-bond acceptors (Lipinski definition) is 2. The zero-order valence-electron chi connectivity index (χ0n) is 16.3. The van der Waals surface area contributed by atoms with Crippen LogP contribution in [0.1, 0.15) is 49.3 Å². The van der Waals surface area contributed by atoms with E-state index in [0.29, 0.717) is 29.2 Å². The second-order valence-electron chi connectivity index (χ2n) is 7.93. The Labute approximate surface area is 182 Å².